The highest BCUT2D eigenvalue weighted by atomic mass is 79.9. The van der Waals surface area contributed by atoms with Crippen molar-refractivity contribution in [2.45, 2.75) is 6.54 Å². The van der Waals surface area contributed by atoms with Crippen LogP contribution in [0.5, 0.6) is 0 Å². The molecule has 0 radical (unpaired) electrons. The molecule has 0 spiro atoms. The molecule has 0 atom stereocenters. The number of rotatable bonds is 5. The lowest BCUT2D eigenvalue weighted by molar-refractivity contribution is -0.115. The van der Waals surface area contributed by atoms with E-state index in [9.17, 15) is 9.18 Å². The predicted octanol–water partition coefficient (Wildman–Crippen LogP) is 3.32. The van der Waals surface area contributed by atoms with E-state index in [0.29, 0.717) is 17.8 Å². The molecule has 0 heterocycles. The minimum Gasteiger partial charge on any atom is -0.324 e. The molecule has 2 N–H and O–H groups in total. The van der Waals surface area contributed by atoms with Gasteiger partial charge in [-0.2, -0.15) is 0 Å². The Hall–Kier alpha value is -1.72. The monoisotopic (exact) mass is 336 g/mol. The van der Waals surface area contributed by atoms with Gasteiger partial charge in [-0.15, -0.1) is 0 Å². The summed E-state index contributed by atoms with van der Waals surface area (Å²) in [5.41, 5.74) is 1.26. The van der Waals surface area contributed by atoms with Gasteiger partial charge in [0.1, 0.15) is 5.82 Å². The molecule has 0 bridgehead atoms. The molecule has 104 valence electrons. The Bertz CT molecular complexity index is 604. The van der Waals surface area contributed by atoms with Crippen LogP contribution in [0.1, 0.15) is 5.56 Å². The van der Waals surface area contributed by atoms with Gasteiger partial charge in [-0.25, -0.2) is 4.39 Å². The lowest BCUT2D eigenvalue weighted by Crippen LogP contribution is -2.28. The van der Waals surface area contributed by atoms with Crippen LogP contribution < -0.4 is 10.6 Å². The molecule has 0 aliphatic rings. The van der Waals surface area contributed by atoms with Crippen LogP contribution in [0.2, 0.25) is 0 Å². The highest BCUT2D eigenvalue weighted by molar-refractivity contribution is 9.10. The maximum Gasteiger partial charge on any atom is 0.238 e. The third-order valence-electron chi connectivity index (χ3n) is 2.71. The number of carbonyl (C=O) groups excluding carboxylic acids is 1. The van der Waals surface area contributed by atoms with Crippen LogP contribution in [0, 0.1) is 5.82 Å². The van der Waals surface area contributed by atoms with E-state index in [0.717, 1.165) is 4.47 Å². The van der Waals surface area contributed by atoms with Crippen molar-refractivity contribution in [1.29, 1.82) is 0 Å². The van der Waals surface area contributed by atoms with E-state index in [1.54, 1.807) is 24.3 Å². The van der Waals surface area contributed by atoms with E-state index in [1.165, 1.54) is 6.07 Å². The predicted molar refractivity (Wildman–Crippen MR) is 80.9 cm³/mol. The molecule has 0 saturated heterocycles. The van der Waals surface area contributed by atoms with Crippen LogP contribution in [0.4, 0.5) is 10.1 Å². The quantitative estimate of drug-likeness (QED) is 0.879. The molecule has 3 nitrogen and oxygen atoms in total. The summed E-state index contributed by atoms with van der Waals surface area (Å²) in [5.74, 6) is -0.445. The van der Waals surface area contributed by atoms with Crippen LogP contribution in [0.25, 0.3) is 0 Å². The van der Waals surface area contributed by atoms with Crippen molar-refractivity contribution in [1.82, 2.24) is 5.32 Å². The van der Waals surface area contributed by atoms with Crippen LogP contribution in [-0.4, -0.2) is 12.5 Å². The summed E-state index contributed by atoms with van der Waals surface area (Å²) in [5, 5.41) is 5.68. The molecule has 0 unspecified atom stereocenters. The summed E-state index contributed by atoms with van der Waals surface area (Å²) in [6.07, 6.45) is 0. The first-order chi connectivity index (χ1) is 9.66. The number of carbonyl (C=O) groups is 1. The molecule has 1 amide bonds. The van der Waals surface area contributed by atoms with E-state index in [4.69, 9.17) is 0 Å². The summed E-state index contributed by atoms with van der Waals surface area (Å²) < 4.78 is 14.2. The Kier molecular flexibility index (Phi) is 5.26. The molecule has 0 fully saturated rings. The Morgan fingerprint density at radius 1 is 1.10 bits per heavy atom. The summed E-state index contributed by atoms with van der Waals surface area (Å²) >= 11 is 3.35. The largest absolute Gasteiger partial charge is 0.324 e. The first-order valence-electron chi connectivity index (χ1n) is 6.15. The zero-order valence-electron chi connectivity index (χ0n) is 10.7. The average molecular weight is 337 g/mol. The number of nitrogens with one attached hydrogen (secondary N) is 2. The maximum absolute atomic E-state index is 13.4. The highest BCUT2D eigenvalue weighted by Gasteiger charge is 2.05. The van der Waals surface area contributed by atoms with Crippen molar-refractivity contribution >= 4 is 27.5 Å². The second-order valence-corrected chi connectivity index (χ2v) is 5.08. The Labute approximate surface area is 125 Å². The summed E-state index contributed by atoms with van der Waals surface area (Å²) in [4.78, 5) is 11.8. The van der Waals surface area contributed by atoms with E-state index in [1.807, 2.05) is 18.2 Å². The highest BCUT2D eigenvalue weighted by Crippen LogP contribution is 2.20. The Morgan fingerprint density at radius 2 is 1.80 bits per heavy atom. The topological polar surface area (TPSA) is 41.1 Å². The molecule has 20 heavy (non-hydrogen) atoms. The van der Waals surface area contributed by atoms with Gasteiger partial charge in [0, 0.05) is 16.6 Å². The molecular weight excluding hydrogens is 323 g/mol. The molecule has 2 rings (SSSR count). The van der Waals surface area contributed by atoms with Crippen LogP contribution >= 0.6 is 15.9 Å². The van der Waals surface area contributed by atoms with Crippen molar-refractivity contribution in [2.24, 2.45) is 0 Å². The van der Waals surface area contributed by atoms with E-state index in [-0.39, 0.29) is 18.3 Å². The zero-order chi connectivity index (χ0) is 14.4. The standard InChI is InChI=1S/C15H14BrFN2O/c16-12-6-2-4-8-14(12)19-15(20)10-18-9-11-5-1-3-7-13(11)17/h1-8,18H,9-10H2,(H,19,20). The van der Waals surface area contributed by atoms with Gasteiger partial charge in [-0.05, 0) is 34.1 Å². The second-order valence-electron chi connectivity index (χ2n) is 4.22. The van der Waals surface area contributed by atoms with Crippen molar-refractivity contribution in [3.05, 3.63) is 64.4 Å². The third-order valence-corrected chi connectivity index (χ3v) is 3.40. The number of anilines is 1. The molecular formula is C15H14BrFN2O. The smallest absolute Gasteiger partial charge is 0.238 e. The fourth-order valence-corrected chi connectivity index (χ4v) is 2.09. The Balaban J connectivity index is 1.82. The number of hydrogen-bond donors (Lipinski definition) is 2. The van der Waals surface area contributed by atoms with Gasteiger partial charge in [0.05, 0.1) is 12.2 Å². The molecule has 0 aliphatic heterocycles. The minimum absolute atomic E-state index is 0.121. The number of hydrogen-bond acceptors (Lipinski definition) is 2. The van der Waals surface area contributed by atoms with Crippen molar-refractivity contribution in [2.75, 3.05) is 11.9 Å². The molecule has 0 aromatic heterocycles. The minimum atomic E-state index is -0.272. The van der Waals surface area contributed by atoms with Crippen molar-refractivity contribution in [3.63, 3.8) is 0 Å². The summed E-state index contributed by atoms with van der Waals surface area (Å²) in [7, 11) is 0. The summed E-state index contributed by atoms with van der Waals surface area (Å²) in [6, 6.07) is 13.9. The van der Waals surface area contributed by atoms with Crippen molar-refractivity contribution in [3.8, 4) is 0 Å². The van der Waals surface area contributed by atoms with Gasteiger partial charge in [-0.1, -0.05) is 30.3 Å². The number of para-hydroxylation sites is 1. The zero-order valence-corrected chi connectivity index (χ0v) is 12.3. The lowest BCUT2D eigenvalue weighted by Gasteiger charge is -2.08. The van der Waals surface area contributed by atoms with Gasteiger partial charge in [0.2, 0.25) is 5.91 Å². The molecule has 2 aromatic rings. The maximum atomic E-state index is 13.4. The molecule has 0 saturated carbocycles. The lowest BCUT2D eigenvalue weighted by atomic mass is 10.2. The second kappa shape index (κ2) is 7.17. The van der Waals surface area contributed by atoms with E-state index >= 15 is 0 Å². The van der Waals surface area contributed by atoms with Gasteiger partial charge < -0.3 is 10.6 Å². The SMILES string of the molecule is O=C(CNCc1ccccc1F)Nc1ccccc1Br. The molecule has 0 aliphatic carbocycles. The average Bonchev–Trinajstić information content (AvgIpc) is 2.43. The van der Waals surface area contributed by atoms with Crippen LogP contribution in [0.15, 0.2) is 53.0 Å². The van der Waals surface area contributed by atoms with Gasteiger partial charge in [0.15, 0.2) is 0 Å². The van der Waals surface area contributed by atoms with E-state index < -0.39 is 0 Å². The first kappa shape index (κ1) is 14.7. The Morgan fingerprint density at radius 3 is 2.55 bits per heavy atom. The van der Waals surface area contributed by atoms with Crippen molar-refractivity contribution < 1.29 is 9.18 Å². The first-order valence-corrected chi connectivity index (χ1v) is 6.94. The fraction of sp³-hybridized carbons (Fsp3) is 0.133. The molecule has 5 heteroatoms. The van der Waals surface area contributed by atoms with Gasteiger partial charge in [-0.3, -0.25) is 4.79 Å². The van der Waals surface area contributed by atoms with Crippen LogP contribution in [0.3, 0.4) is 0 Å². The third kappa shape index (κ3) is 4.15. The number of benzene rings is 2. The van der Waals surface area contributed by atoms with Gasteiger partial charge >= 0.3 is 0 Å². The van der Waals surface area contributed by atoms with E-state index in [2.05, 4.69) is 26.6 Å². The van der Waals surface area contributed by atoms with Gasteiger partial charge in [0.25, 0.3) is 0 Å². The van der Waals surface area contributed by atoms with Crippen LogP contribution in [-0.2, 0) is 11.3 Å². The normalized spacial score (nSPS) is 10.3. The number of halogens is 2. The number of amides is 1. The molecule has 2 aromatic carbocycles. The summed E-state index contributed by atoms with van der Waals surface area (Å²) in [6.45, 7) is 0.436. The fourth-order valence-electron chi connectivity index (χ4n) is 1.71.